The van der Waals surface area contributed by atoms with Gasteiger partial charge in [0.2, 0.25) is 0 Å². The Hall–Kier alpha value is -0.610. The Morgan fingerprint density at radius 1 is 1.30 bits per heavy atom. The number of fused-ring (bicyclic) bond motifs is 2. The summed E-state index contributed by atoms with van der Waals surface area (Å²) < 4.78 is 15.2. The highest BCUT2D eigenvalue weighted by atomic mass is 79.9. The smallest absolute Gasteiger partial charge is 0.147 e. The molecule has 2 unspecified atom stereocenters. The van der Waals surface area contributed by atoms with Crippen LogP contribution in [0.5, 0.6) is 0 Å². The summed E-state index contributed by atoms with van der Waals surface area (Å²) in [6.07, 6.45) is 5.89. The minimum Gasteiger partial charge on any atom is -0.362 e. The maximum absolute atomic E-state index is 14.3. The van der Waals surface area contributed by atoms with Crippen molar-refractivity contribution < 1.29 is 4.39 Å². The van der Waals surface area contributed by atoms with Crippen LogP contribution in [-0.2, 0) is 0 Å². The fraction of sp³-hybridized carbons (Fsp3) is 0.625. The van der Waals surface area contributed by atoms with Crippen molar-refractivity contribution in [2.24, 2.45) is 0 Å². The summed E-state index contributed by atoms with van der Waals surface area (Å²) in [5.74, 6) is -0.0989. The van der Waals surface area contributed by atoms with Gasteiger partial charge in [-0.2, -0.15) is 0 Å². The predicted octanol–water partition coefficient (Wildman–Crippen LogP) is 4.09. The highest BCUT2D eigenvalue weighted by Gasteiger charge is 2.39. The highest BCUT2D eigenvalue weighted by Crippen LogP contribution is 2.41. The van der Waals surface area contributed by atoms with Crippen molar-refractivity contribution in [3.05, 3.63) is 28.5 Å². The monoisotopic (exact) mass is 340 g/mol. The van der Waals surface area contributed by atoms with E-state index in [0.717, 1.165) is 29.5 Å². The summed E-state index contributed by atoms with van der Waals surface area (Å²) in [6, 6.07) is 6.83. The topological polar surface area (TPSA) is 15.3 Å². The van der Waals surface area contributed by atoms with E-state index in [2.05, 4.69) is 33.1 Å². The Kier molecular flexibility index (Phi) is 4.32. The zero-order chi connectivity index (χ0) is 14.1. The Morgan fingerprint density at radius 3 is 2.60 bits per heavy atom. The first-order chi connectivity index (χ1) is 9.70. The largest absolute Gasteiger partial charge is 0.362 e. The minimum atomic E-state index is -0.0989. The van der Waals surface area contributed by atoms with Crippen LogP contribution in [0.3, 0.4) is 0 Å². The van der Waals surface area contributed by atoms with Crippen LogP contribution in [0.25, 0.3) is 0 Å². The quantitative estimate of drug-likeness (QED) is 0.891. The first kappa shape index (κ1) is 14.3. The summed E-state index contributed by atoms with van der Waals surface area (Å²) in [5, 5.41) is 3.58. The maximum Gasteiger partial charge on any atom is 0.147 e. The SMILES string of the molecule is CCNC1CC2CCCC(C1)N2c1c(F)cccc1Br. The summed E-state index contributed by atoms with van der Waals surface area (Å²) in [6.45, 7) is 3.18. The van der Waals surface area contributed by atoms with Gasteiger partial charge in [-0.1, -0.05) is 13.0 Å². The molecule has 2 fully saturated rings. The van der Waals surface area contributed by atoms with Gasteiger partial charge in [-0.3, -0.25) is 0 Å². The third kappa shape index (κ3) is 2.60. The lowest BCUT2D eigenvalue weighted by Gasteiger charge is -2.50. The third-order valence-electron chi connectivity index (χ3n) is 4.66. The van der Waals surface area contributed by atoms with Gasteiger partial charge in [-0.25, -0.2) is 4.39 Å². The van der Waals surface area contributed by atoms with Crippen LogP contribution in [0.1, 0.15) is 39.0 Å². The summed E-state index contributed by atoms with van der Waals surface area (Å²) in [5.41, 5.74) is 0.775. The molecule has 0 spiro atoms. The number of halogens is 2. The molecule has 1 aromatic rings. The molecule has 3 rings (SSSR count). The van der Waals surface area contributed by atoms with E-state index >= 15 is 0 Å². The van der Waals surface area contributed by atoms with Crippen LogP contribution < -0.4 is 10.2 Å². The van der Waals surface area contributed by atoms with Crippen molar-refractivity contribution in [2.75, 3.05) is 11.4 Å². The summed E-state index contributed by atoms with van der Waals surface area (Å²) >= 11 is 3.54. The molecule has 0 saturated carbocycles. The Bertz CT molecular complexity index is 445. The number of piperidine rings is 2. The molecule has 0 aromatic heterocycles. The van der Waals surface area contributed by atoms with Crippen molar-refractivity contribution in [1.82, 2.24) is 5.32 Å². The van der Waals surface area contributed by atoms with E-state index in [1.165, 1.54) is 19.3 Å². The van der Waals surface area contributed by atoms with Gasteiger partial charge in [-0.05, 0) is 66.7 Å². The van der Waals surface area contributed by atoms with Crippen LogP contribution in [0.15, 0.2) is 22.7 Å². The number of para-hydroxylation sites is 1. The lowest BCUT2D eigenvalue weighted by Crippen LogP contribution is -2.56. The predicted molar refractivity (Wildman–Crippen MR) is 84.7 cm³/mol. The normalized spacial score (nSPS) is 29.6. The van der Waals surface area contributed by atoms with E-state index in [4.69, 9.17) is 0 Å². The average molecular weight is 341 g/mol. The van der Waals surface area contributed by atoms with E-state index < -0.39 is 0 Å². The number of anilines is 1. The van der Waals surface area contributed by atoms with Crippen LogP contribution in [-0.4, -0.2) is 24.7 Å². The van der Waals surface area contributed by atoms with Gasteiger partial charge in [-0.15, -0.1) is 0 Å². The molecule has 2 nitrogen and oxygen atoms in total. The lowest BCUT2D eigenvalue weighted by molar-refractivity contribution is 0.245. The Morgan fingerprint density at radius 2 is 2.00 bits per heavy atom. The van der Waals surface area contributed by atoms with Crippen LogP contribution in [0.2, 0.25) is 0 Å². The van der Waals surface area contributed by atoms with Crippen molar-refractivity contribution in [2.45, 2.75) is 57.2 Å². The molecule has 0 aliphatic carbocycles. The van der Waals surface area contributed by atoms with E-state index in [1.54, 1.807) is 12.1 Å². The van der Waals surface area contributed by atoms with Crippen molar-refractivity contribution in [1.29, 1.82) is 0 Å². The molecule has 2 atom stereocenters. The second-order valence-electron chi connectivity index (χ2n) is 5.94. The van der Waals surface area contributed by atoms with Crippen LogP contribution >= 0.6 is 15.9 Å². The van der Waals surface area contributed by atoms with Crippen molar-refractivity contribution >= 4 is 21.6 Å². The molecular weight excluding hydrogens is 319 g/mol. The second kappa shape index (κ2) is 6.02. The van der Waals surface area contributed by atoms with E-state index in [9.17, 15) is 4.39 Å². The first-order valence-electron chi connectivity index (χ1n) is 7.66. The molecule has 2 aliphatic rings. The highest BCUT2D eigenvalue weighted by molar-refractivity contribution is 9.10. The van der Waals surface area contributed by atoms with Gasteiger partial charge < -0.3 is 10.2 Å². The van der Waals surface area contributed by atoms with Gasteiger partial charge in [0.05, 0.1) is 5.69 Å². The second-order valence-corrected chi connectivity index (χ2v) is 6.80. The Balaban J connectivity index is 1.90. The lowest BCUT2D eigenvalue weighted by atomic mass is 9.81. The molecule has 0 amide bonds. The number of benzene rings is 1. The third-order valence-corrected chi connectivity index (χ3v) is 5.30. The molecule has 1 aromatic carbocycles. The molecule has 2 aliphatic heterocycles. The first-order valence-corrected chi connectivity index (χ1v) is 8.45. The molecule has 1 N–H and O–H groups in total. The number of rotatable bonds is 3. The number of hydrogen-bond acceptors (Lipinski definition) is 2. The minimum absolute atomic E-state index is 0.0989. The van der Waals surface area contributed by atoms with Gasteiger partial charge in [0.15, 0.2) is 0 Å². The summed E-state index contributed by atoms with van der Waals surface area (Å²) in [4.78, 5) is 2.36. The molecule has 2 bridgehead atoms. The average Bonchev–Trinajstić information content (AvgIpc) is 2.39. The zero-order valence-electron chi connectivity index (χ0n) is 11.9. The van der Waals surface area contributed by atoms with Crippen LogP contribution in [0, 0.1) is 5.82 Å². The fourth-order valence-corrected chi connectivity index (χ4v) is 4.48. The van der Waals surface area contributed by atoms with E-state index in [-0.39, 0.29) is 5.82 Å². The molecule has 2 heterocycles. The van der Waals surface area contributed by atoms with Crippen molar-refractivity contribution in [3.8, 4) is 0 Å². The van der Waals surface area contributed by atoms with E-state index in [1.807, 2.05) is 6.07 Å². The molecule has 4 heteroatoms. The van der Waals surface area contributed by atoms with E-state index in [0.29, 0.717) is 18.1 Å². The molecular formula is C16H22BrFN2. The number of hydrogen-bond donors (Lipinski definition) is 1. The number of nitrogens with one attached hydrogen (secondary N) is 1. The van der Waals surface area contributed by atoms with Gasteiger partial charge in [0, 0.05) is 22.6 Å². The fourth-order valence-electron chi connectivity index (χ4n) is 3.94. The van der Waals surface area contributed by atoms with Gasteiger partial charge in [0.25, 0.3) is 0 Å². The van der Waals surface area contributed by atoms with Gasteiger partial charge in [0.1, 0.15) is 5.82 Å². The molecule has 0 radical (unpaired) electrons. The summed E-state index contributed by atoms with van der Waals surface area (Å²) in [7, 11) is 0. The molecule has 110 valence electrons. The Labute approximate surface area is 128 Å². The van der Waals surface area contributed by atoms with Crippen molar-refractivity contribution in [3.63, 3.8) is 0 Å². The van der Waals surface area contributed by atoms with Gasteiger partial charge >= 0.3 is 0 Å². The molecule has 2 saturated heterocycles. The molecule has 20 heavy (non-hydrogen) atoms. The standard InChI is InChI=1S/C16H22BrFN2/c1-2-19-11-9-12-5-3-6-13(10-11)20(12)16-14(17)7-4-8-15(16)18/h4,7-8,11-13,19H,2-3,5-6,9-10H2,1H3. The number of nitrogens with zero attached hydrogens (tertiary/aromatic N) is 1. The maximum atomic E-state index is 14.3. The van der Waals surface area contributed by atoms with Crippen LogP contribution in [0.4, 0.5) is 10.1 Å². The zero-order valence-corrected chi connectivity index (χ0v) is 13.5.